The molecule has 0 saturated carbocycles. The molecule has 0 spiro atoms. The van der Waals surface area contributed by atoms with Gasteiger partial charge in [-0.3, -0.25) is 0 Å². The lowest BCUT2D eigenvalue weighted by Crippen LogP contribution is -1.83. The minimum absolute atomic E-state index is 1.22. The van der Waals surface area contributed by atoms with Crippen molar-refractivity contribution >= 4 is 0 Å². The van der Waals surface area contributed by atoms with Gasteiger partial charge in [0.25, 0.3) is 0 Å². The lowest BCUT2D eigenvalue weighted by Gasteiger charge is -2.03. The molecule has 0 aliphatic heterocycles. The first kappa shape index (κ1) is 20.7. The molecule has 1 radical (unpaired) electrons. The van der Waals surface area contributed by atoms with E-state index in [0.717, 1.165) is 0 Å². The van der Waals surface area contributed by atoms with Crippen LogP contribution in [0.4, 0.5) is 0 Å². The summed E-state index contributed by atoms with van der Waals surface area (Å²) >= 11 is 0. The average molecular weight is 294 g/mol. The maximum absolute atomic E-state index is 3.72. The average Bonchev–Trinajstić information content (AvgIpc) is 2.50. The van der Waals surface area contributed by atoms with Crippen molar-refractivity contribution in [1.82, 2.24) is 0 Å². The van der Waals surface area contributed by atoms with E-state index in [4.69, 9.17) is 0 Å². The zero-order valence-corrected chi connectivity index (χ0v) is 14.9. The molecule has 0 N–H and O–H groups in total. The van der Waals surface area contributed by atoms with Gasteiger partial charge in [0.2, 0.25) is 0 Å². The second-order valence-electron chi connectivity index (χ2n) is 6.56. The van der Waals surface area contributed by atoms with Crippen LogP contribution in [0.5, 0.6) is 0 Å². The Morgan fingerprint density at radius 1 is 0.524 bits per heavy atom. The Balaban J connectivity index is 2.91. The summed E-state index contributed by atoms with van der Waals surface area (Å²) < 4.78 is 0. The predicted molar refractivity (Wildman–Crippen MR) is 98.7 cm³/mol. The molecule has 0 bridgehead atoms. The summed E-state index contributed by atoms with van der Waals surface area (Å²) in [4.78, 5) is 0. The van der Waals surface area contributed by atoms with E-state index in [1.54, 1.807) is 0 Å². The van der Waals surface area contributed by atoms with Crippen LogP contribution in [-0.4, -0.2) is 0 Å². The Labute approximate surface area is 135 Å². The van der Waals surface area contributed by atoms with Gasteiger partial charge in [-0.1, -0.05) is 116 Å². The van der Waals surface area contributed by atoms with E-state index in [1.807, 2.05) is 6.08 Å². The van der Waals surface area contributed by atoms with Crippen LogP contribution in [0.2, 0.25) is 0 Å². The van der Waals surface area contributed by atoms with Crippen molar-refractivity contribution < 1.29 is 0 Å². The smallest absolute Gasteiger partial charge is 0.0173 e. The fourth-order valence-electron chi connectivity index (χ4n) is 2.93. The maximum atomic E-state index is 3.72. The summed E-state index contributed by atoms with van der Waals surface area (Å²) in [6, 6.07) is 0. The van der Waals surface area contributed by atoms with Crippen LogP contribution in [0, 0.1) is 6.42 Å². The molecular weight excluding hydrogens is 252 g/mol. The first-order valence-electron chi connectivity index (χ1n) is 9.86. The van der Waals surface area contributed by atoms with Crippen LogP contribution in [0.3, 0.4) is 0 Å². The highest BCUT2D eigenvalue weighted by Gasteiger charge is 1.94. The number of hydrogen-bond donors (Lipinski definition) is 0. The van der Waals surface area contributed by atoms with Crippen molar-refractivity contribution in [3.63, 3.8) is 0 Å². The standard InChI is InChI=1S/C21H41/c1-3-5-7-9-11-13-15-17-19-21-20-18-16-14-12-10-8-6-4-2/h3,5H,1,4,6-21H2,2H3. The SMILES string of the molecule is C=C[CH]CCCCCCCCCCCCCCCCCC. The van der Waals surface area contributed by atoms with Crippen LogP contribution in [0.1, 0.15) is 116 Å². The Morgan fingerprint density at radius 3 is 1.19 bits per heavy atom. The minimum Gasteiger partial charge on any atom is -0.103 e. The monoisotopic (exact) mass is 293 g/mol. The fourth-order valence-corrected chi connectivity index (χ4v) is 2.93. The predicted octanol–water partition coefficient (Wildman–Crippen LogP) is 8.03. The van der Waals surface area contributed by atoms with Gasteiger partial charge >= 0.3 is 0 Å². The number of rotatable bonds is 18. The van der Waals surface area contributed by atoms with Crippen LogP contribution in [-0.2, 0) is 0 Å². The van der Waals surface area contributed by atoms with Gasteiger partial charge in [-0.15, -0.1) is 6.58 Å². The molecular formula is C21H41. The van der Waals surface area contributed by atoms with E-state index in [2.05, 4.69) is 19.9 Å². The molecule has 0 aromatic heterocycles. The third-order valence-electron chi connectivity index (χ3n) is 4.39. The van der Waals surface area contributed by atoms with Crippen molar-refractivity contribution in [2.75, 3.05) is 0 Å². The van der Waals surface area contributed by atoms with Gasteiger partial charge in [0.15, 0.2) is 0 Å². The van der Waals surface area contributed by atoms with Crippen LogP contribution >= 0.6 is 0 Å². The van der Waals surface area contributed by atoms with Gasteiger partial charge in [0.05, 0.1) is 0 Å². The summed E-state index contributed by atoms with van der Waals surface area (Å²) in [5, 5.41) is 0. The zero-order chi connectivity index (χ0) is 15.4. The first-order chi connectivity index (χ1) is 10.4. The summed E-state index contributed by atoms with van der Waals surface area (Å²) in [7, 11) is 0. The molecule has 0 aromatic carbocycles. The molecule has 0 aromatic rings. The van der Waals surface area contributed by atoms with E-state index in [-0.39, 0.29) is 0 Å². The van der Waals surface area contributed by atoms with Gasteiger partial charge in [0, 0.05) is 0 Å². The van der Waals surface area contributed by atoms with Gasteiger partial charge in [-0.05, 0) is 12.8 Å². The lowest BCUT2D eigenvalue weighted by molar-refractivity contribution is 0.529. The van der Waals surface area contributed by atoms with Crippen molar-refractivity contribution in [1.29, 1.82) is 0 Å². The molecule has 0 heteroatoms. The topological polar surface area (TPSA) is 0 Å². The fraction of sp³-hybridized carbons (Fsp3) is 0.857. The summed E-state index contributed by atoms with van der Waals surface area (Å²) in [5.74, 6) is 0. The summed E-state index contributed by atoms with van der Waals surface area (Å²) in [6.07, 6.45) is 28.5. The second kappa shape index (κ2) is 19.7. The Kier molecular flexibility index (Phi) is 19.5. The normalized spacial score (nSPS) is 10.9. The van der Waals surface area contributed by atoms with E-state index in [9.17, 15) is 0 Å². The molecule has 0 unspecified atom stereocenters. The molecule has 0 saturated heterocycles. The van der Waals surface area contributed by atoms with E-state index < -0.39 is 0 Å². The van der Waals surface area contributed by atoms with Crippen molar-refractivity contribution in [2.45, 2.75) is 116 Å². The third-order valence-corrected chi connectivity index (χ3v) is 4.39. The lowest BCUT2D eigenvalue weighted by atomic mass is 10.0. The van der Waals surface area contributed by atoms with Crippen LogP contribution in [0.15, 0.2) is 12.7 Å². The highest BCUT2D eigenvalue weighted by atomic mass is 14.0. The molecule has 0 aliphatic carbocycles. The van der Waals surface area contributed by atoms with Gasteiger partial charge in [-0.2, -0.15) is 0 Å². The van der Waals surface area contributed by atoms with Crippen LogP contribution < -0.4 is 0 Å². The zero-order valence-electron chi connectivity index (χ0n) is 14.9. The minimum atomic E-state index is 1.22. The number of unbranched alkanes of at least 4 members (excludes halogenated alkanes) is 17. The summed E-state index contributed by atoms with van der Waals surface area (Å²) in [6.45, 7) is 6.01. The molecule has 0 heterocycles. The summed E-state index contributed by atoms with van der Waals surface area (Å²) in [5.41, 5.74) is 0. The Hall–Kier alpha value is -0.260. The quantitative estimate of drug-likeness (QED) is 0.224. The second-order valence-corrected chi connectivity index (χ2v) is 6.56. The molecule has 125 valence electrons. The van der Waals surface area contributed by atoms with E-state index >= 15 is 0 Å². The highest BCUT2D eigenvalue weighted by molar-refractivity contribution is 4.85. The molecule has 0 rings (SSSR count). The van der Waals surface area contributed by atoms with Crippen molar-refractivity contribution in [3.8, 4) is 0 Å². The molecule has 0 amide bonds. The first-order valence-corrected chi connectivity index (χ1v) is 9.86. The number of hydrogen-bond acceptors (Lipinski definition) is 0. The highest BCUT2D eigenvalue weighted by Crippen LogP contribution is 2.14. The van der Waals surface area contributed by atoms with E-state index in [1.165, 1.54) is 109 Å². The molecule has 21 heavy (non-hydrogen) atoms. The Bertz CT molecular complexity index is 182. The molecule has 0 aliphatic rings. The van der Waals surface area contributed by atoms with Gasteiger partial charge < -0.3 is 0 Å². The van der Waals surface area contributed by atoms with Gasteiger partial charge in [-0.25, -0.2) is 0 Å². The molecule has 0 nitrogen and oxygen atoms in total. The maximum Gasteiger partial charge on any atom is -0.0173 e. The third kappa shape index (κ3) is 19.7. The van der Waals surface area contributed by atoms with Crippen molar-refractivity contribution in [2.24, 2.45) is 0 Å². The largest absolute Gasteiger partial charge is 0.103 e. The molecule has 0 atom stereocenters. The van der Waals surface area contributed by atoms with Crippen molar-refractivity contribution in [3.05, 3.63) is 19.1 Å². The van der Waals surface area contributed by atoms with Crippen LogP contribution in [0.25, 0.3) is 0 Å². The van der Waals surface area contributed by atoms with E-state index in [0.29, 0.717) is 0 Å². The molecule has 0 fully saturated rings. The number of allylic oxidation sites excluding steroid dienone is 1. The Morgan fingerprint density at radius 2 is 0.857 bits per heavy atom. The van der Waals surface area contributed by atoms with Gasteiger partial charge in [0.1, 0.15) is 0 Å².